The van der Waals surface area contributed by atoms with Gasteiger partial charge in [-0.2, -0.15) is 0 Å². The van der Waals surface area contributed by atoms with Gasteiger partial charge in [-0.05, 0) is 45.1 Å². The number of hydrogen-bond donors (Lipinski definition) is 1. The van der Waals surface area contributed by atoms with Gasteiger partial charge in [-0.1, -0.05) is 39.0 Å². The van der Waals surface area contributed by atoms with Crippen molar-refractivity contribution in [3.05, 3.63) is 52.4 Å². The summed E-state index contributed by atoms with van der Waals surface area (Å²) in [5.74, 6) is 0.922. The molecule has 1 aromatic heterocycles. The van der Waals surface area contributed by atoms with Gasteiger partial charge in [-0.3, -0.25) is 0 Å². The standard InChI is InChI=1S/C15H18BrNO/c1-15(2,3)12-6-4-5-7-13(12)17-10-11-8-9-14(16)18-11/h4-9,17H,10H2,1-3H3. The van der Waals surface area contributed by atoms with Crippen molar-refractivity contribution >= 4 is 21.6 Å². The molecule has 2 rings (SSSR count). The van der Waals surface area contributed by atoms with E-state index in [9.17, 15) is 0 Å². The molecule has 0 fully saturated rings. The van der Waals surface area contributed by atoms with Crippen LogP contribution in [0.2, 0.25) is 0 Å². The average molecular weight is 308 g/mol. The van der Waals surface area contributed by atoms with Crippen LogP contribution >= 0.6 is 15.9 Å². The van der Waals surface area contributed by atoms with Gasteiger partial charge in [0.15, 0.2) is 4.67 Å². The van der Waals surface area contributed by atoms with Crippen LogP contribution in [0.5, 0.6) is 0 Å². The molecule has 0 atom stereocenters. The molecule has 1 aromatic carbocycles. The van der Waals surface area contributed by atoms with Crippen LogP contribution < -0.4 is 5.32 Å². The maximum atomic E-state index is 5.48. The maximum Gasteiger partial charge on any atom is 0.169 e. The van der Waals surface area contributed by atoms with Crippen LogP contribution in [0.4, 0.5) is 5.69 Å². The van der Waals surface area contributed by atoms with E-state index >= 15 is 0 Å². The van der Waals surface area contributed by atoms with Crippen molar-refractivity contribution in [2.45, 2.75) is 32.7 Å². The minimum absolute atomic E-state index is 0.132. The molecule has 0 saturated heterocycles. The Morgan fingerprint density at radius 2 is 1.83 bits per heavy atom. The van der Waals surface area contributed by atoms with Gasteiger partial charge in [0, 0.05) is 5.69 Å². The van der Waals surface area contributed by atoms with Crippen molar-refractivity contribution in [2.75, 3.05) is 5.32 Å². The maximum absolute atomic E-state index is 5.48. The fraction of sp³-hybridized carbons (Fsp3) is 0.333. The second kappa shape index (κ2) is 5.19. The number of para-hydroxylation sites is 1. The van der Waals surface area contributed by atoms with Gasteiger partial charge >= 0.3 is 0 Å². The van der Waals surface area contributed by atoms with Crippen molar-refractivity contribution < 1.29 is 4.42 Å². The molecule has 0 unspecified atom stereocenters. The Labute approximate surface area is 117 Å². The third-order valence-electron chi connectivity index (χ3n) is 2.82. The van der Waals surface area contributed by atoms with Gasteiger partial charge < -0.3 is 9.73 Å². The molecule has 0 radical (unpaired) electrons. The van der Waals surface area contributed by atoms with Crippen LogP contribution in [-0.2, 0) is 12.0 Å². The van der Waals surface area contributed by atoms with E-state index in [2.05, 4.69) is 66.3 Å². The smallest absolute Gasteiger partial charge is 0.169 e. The zero-order chi connectivity index (χ0) is 13.2. The normalized spacial score (nSPS) is 11.6. The van der Waals surface area contributed by atoms with Gasteiger partial charge in [-0.25, -0.2) is 0 Å². The highest BCUT2D eigenvalue weighted by Gasteiger charge is 2.17. The van der Waals surface area contributed by atoms with Crippen LogP contribution in [0.25, 0.3) is 0 Å². The lowest BCUT2D eigenvalue weighted by Gasteiger charge is -2.23. The molecule has 0 saturated carbocycles. The Morgan fingerprint density at radius 1 is 1.11 bits per heavy atom. The number of anilines is 1. The van der Waals surface area contributed by atoms with E-state index < -0.39 is 0 Å². The Kier molecular flexibility index (Phi) is 3.81. The van der Waals surface area contributed by atoms with Gasteiger partial charge in [0.1, 0.15) is 5.76 Å². The van der Waals surface area contributed by atoms with E-state index in [1.54, 1.807) is 0 Å². The molecular weight excluding hydrogens is 290 g/mol. The minimum atomic E-state index is 0.132. The quantitative estimate of drug-likeness (QED) is 0.867. The van der Waals surface area contributed by atoms with Crippen molar-refractivity contribution in [2.24, 2.45) is 0 Å². The number of hydrogen-bond acceptors (Lipinski definition) is 2. The molecule has 1 heterocycles. The summed E-state index contributed by atoms with van der Waals surface area (Å²) in [6.07, 6.45) is 0. The van der Waals surface area contributed by atoms with E-state index in [-0.39, 0.29) is 5.41 Å². The van der Waals surface area contributed by atoms with E-state index in [4.69, 9.17) is 4.42 Å². The molecule has 0 spiro atoms. The Balaban J connectivity index is 2.14. The Morgan fingerprint density at radius 3 is 2.44 bits per heavy atom. The lowest BCUT2D eigenvalue weighted by Crippen LogP contribution is -2.14. The van der Waals surface area contributed by atoms with Crippen molar-refractivity contribution in [1.29, 1.82) is 0 Å². The van der Waals surface area contributed by atoms with Crippen LogP contribution in [0, 0.1) is 0 Å². The van der Waals surface area contributed by atoms with E-state index in [0.29, 0.717) is 6.54 Å². The first-order valence-electron chi connectivity index (χ1n) is 6.04. The van der Waals surface area contributed by atoms with E-state index in [0.717, 1.165) is 16.1 Å². The minimum Gasteiger partial charge on any atom is -0.452 e. The molecule has 18 heavy (non-hydrogen) atoms. The number of nitrogens with one attached hydrogen (secondary N) is 1. The van der Waals surface area contributed by atoms with Gasteiger partial charge in [0.2, 0.25) is 0 Å². The fourth-order valence-electron chi connectivity index (χ4n) is 1.92. The van der Waals surface area contributed by atoms with Crippen LogP contribution in [0.3, 0.4) is 0 Å². The molecule has 0 bridgehead atoms. The monoisotopic (exact) mass is 307 g/mol. The first-order valence-corrected chi connectivity index (χ1v) is 6.84. The second-order valence-electron chi connectivity index (χ2n) is 5.35. The van der Waals surface area contributed by atoms with Crippen molar-refractivity contribution in [3.63, 3.8) is 0 Å². The van der Waals surface area contributed by atoms with Crippen molar-refractivity contribution in [1.82, 2.24) is 0 Å². The molecule has 96 valence electrons. The highest BCUT2D eigenvalue weighted by atomic mass is 79.9. The predicted molar refractivity (Wildman–Crippen MR) is 78.9 cm³/mol. The SMILES string of the molecule is CC(C)(C)c1ccccc1NCc1ccc(Br)o1. The zero-order valence-electron chi connectivity index (χ0n) is 11.0. The second-order valence-corrected chi connectivity index (χ2v) is 6.14. The third-order valence-corrected chi connectivity index (χ3v) is 3.24. The summed E-state index contributed by atoms with van der Waals surface area (Å²) >= 11 is 3.31. The molecule has 2 nitrogen and oxygen atoms in total. The number of rotatable bonds is 3. The first-order chi connectivity index (χ1) is 8.47. The largest absolute Gasteiger partial charge is 0.452 e. The lowest BCUT2D eigenvalue weighted by molar-refractivity contribution is 0.495. The number of halogens is 1. The highest BCUT2D eigenvalue weighted by Crippen LogP contribution is 2.29. The van der Waals surface area contributed by atoms with Gasteiger partial charge in [-0.15, -0.1) is 0 Å². The number of furan rings is 1. The van der Waals surface area contributed by atoms with Crippen LogP contribution in [0.15, 0.2) is 45.5 Å². The van der Waals surface area contributed by atoms with E-state index in [1.165, 1.54) is 5.56 Å². The van der Waals surface area contributed by atoms with Crippen LogP contribution in [-0.4, -0.2) is 0 Å². The van der Waals surface area contributed by atoms with Crippen molar-refractivity contribution in [3.8, 4) is 0 Å². The van der Waals surface area contributed by atoms with Gasteiger partial charge in [0.25, 0.3) is 0 Å². The predicted octanol–water partition coefficient (Wildman–Crippen LogP) is 4.95. The molecule has 0 aliphatic heterocycles. The molecule has 0 aliphatic rings. The third kappa shape index (κ3) is 3.16. The highest BCUT2D eigenvalue weighted by molar-refractivity contribution is 9.10. The summed E-state index contributed by atoms with van der Waals surface area (Å²) in [4.78, 5) is 0. The number of benzene rings is 1. The summed E-state index contributed by atoms with van der Waals surface area (Å²) in [5.41, 5.74) is 2.61. The van der Waals surface area contributed by atoms with Crippen LogP contribution in [0.1, 0.15) is 32.1 Å². The summed E-state index contributed by atoms with van der Waals surface area (Å²) in [6.45, 7) is 7.35. The topological polar surface area (TPSA) is 25.2 Å². The van der Waals surface area contributed by atoms with E-state index in [1.807, 2.05) is 12.1 Å². The summed E-state index contributed by atoms with van der Waals surface area (Å²) < 4.78 is 6.25. The molecule has 2 aromatic rings. The fourth-order valence-corrected chi connectivity index (χ4v) is 2.26. The molecule has 0 aliphatic carbocycles. The lowest BCUT2D eigenvalue weighted by atomic mass is 9.86. The average Bonchev–Trinajstić information content (AvgIpc) is 2.72. The summed E-state index contributed by atoms with van der Waals surface area (Å²) in [7, 11) is 0. The molecular formula is C15H18BrNO. The van der Waals surface area contributed by atoms with Gasteiger partial charge in [0.05, 0.1) is 6.54 Å². The Hall–Kier alpha value is -1.22. The Bertz CT molecular complexity index is 525. The summed E-state index contributed by atoms with van der Waals surface area (Å²) in [6, 6.07) is 12.3. The molecule has 1 N–H and O–H groups in total. The molecule has 3 heteroatoms. The summed E-state index contributed by atoms with van der Waals surface area (Å²) in [5, 5.41) is 3.43. The first kappa shape index (κ1) is 13.2. The molecule has 0 amide bonds. The zero-order valence-corrected chi connectivity index (χ0v) is 12.5.